The molecule has 2 N–H and O–H groups in total. The largest absolute Gasteiger partial charge is 0.497 e. The van der Waals surface area contributed by atoms with Crippen LogP contribution < -0.4 is 10.5 Å². The third-order valence-electron chi connectivity index (χ3n) is 2.61. The Labute approximate surface area is 106 Å². The van der Waals surface area contributed by atoms with Gasteiger partial charge in [0.2, 0.25) is 5.88 Å². The van der Waals surface area contributed by atoms with Crippen molar-refractivity contribution in [3.05, 3.63) is 30.0 Å². The minimum Gasteiger partial charge on any atom is -0.497 e. The molecule has 0 amide bonds. The molecule has 0 atom stereocenters. The molecule has 2 aromatic rings. The molecule has 18 heavy (non-hydrogen) atoms. The smallest absolute Gasteiger partial charge is 0.230 e. The van der Waals surface area contributed by atoms with E-state index < -0.39 is 0 Å². The fourth-order valence-corrected chi connectivity index (χ4v) is 1.83. The Kier molecular flexibility index (Phi) is 3.53. The van der Waals surface area contributed by atoms with Crippen LogP contribution in [0.3, 0.4) is 0 Å². The van der Waals surface area contributed by atoms with E-state index in [1.54, 1.807) is 7.11 Å². The SMILES string of the molecule is COc1cccc(-c2c(CN(C)C)noc2N)c1. The lowest BCUT2D eigenvalue weighted by molar-refractivity contribution is 0.368. The zero-order chi connectivity index (χ0) is 13.1. The van der Waals surface area contributed by atoms with Crippen molar-refractivity contribution >= 4 is 5.88 Å². The first-order valence-electron chi connectivity index (χ1n) is 5.65. The minimum atomic E-state index is 0.333. The Morgan fingerprint density at radius 3 is 2.83 bits per heavy atom. The molecule has 0 aliphatic rings. The molecule has 0 unspecified atom stereocenters. The summed E-state index contributed by atoms with van der Waals surface area (Å²) < 4.78 is 10.3. The van der Waals surface area contributed by atoms with Crippen LogP contribution in [0.1, 0.15) is 5.69 Å². The molecule has 0 aliphatic heterocycles. The first kappa shape index (κ1) is 12.4. The molecule has 0 saturated carbocycles. The monoisotopic (exact) mass is 247 g/mol. The molecule has 1 aromatic carbocycles. The first-order chi connectivity index (χ1) is 8.61. The lowest BCUT2D eigenvalue weighted by atomic mass is 10.1. The van der Waals surface area contributed by atoms with E-state index in [-0.39, 0.29) is 0 Å². The highest BCUT2D eigenvalue weighted by Crippen LogP contribution is 2.32. The fourth-order valence-electron chi connectivity index (χ4n) is 1.83. The summed E-state index contributed by atoms with van der Waals surface area (Å²) in [6.45, 7) is 0.674. The summed E-state index contributed by atoms with van der Waals surface area (Å²) in [6.07, 6.45) is 0. The van der Waals surface area contributed by atoms with Crippen molar-refractivity contribution in [3.8, 4) is 16.9 Å². The highest BCUT2D eigenvalue weighted by atomic mass is 16.5. The van der Waals surface area contributed by atoms with Crippen LogP contribution in [0.25, 0.3) is 11.1 Å². The van der Waals surface area contributed by atoms with Crippen molar-refractivity contribution in [1.82, 2.24) is 10.1 Å². The van der Waals surface area contributed by atoms with Crippen LogP contribution >= 0.6 is 0 Å². The van der Waals surface area contributed by atoms with Crippen LogP contribution in [0.4, 0.5) is 5.88 Å². The number of nitrogens with zero attached hydrogens (tertiary/aromatic N) is 2. The van der Waals surface area contributed by atoms with Gasteiger partial charge in [-0.25, -0.2) is 0 Å². The predicted molar refractivity (Wildman–Crippen MR) is 70.3 cm³/mol. The van der Waals surface area contributed by atoms with E-state index in [4.69, 9.17) is 15.0 Å². The Hall–Kier alpha value is -2.01. The van der Waals surface area contributed by atoms with Gasteiger partial charge in [0.1, 0.15) is 11.4 Å². The number of nitrogen functional groups attached to an aromatic ring is 1. The Morgan fingerprint density at radius 2 is 2.17 bits per heavy atom. The number of aromatic nitrogens is 1. The third-order valence-corrected chi connectivity index (χ3v) is 2.61. The Balaban J connectivity index is 2.45. The van der Waals surface area contributed by atoms with Crippen molar-refractivity contribution in [2.45, 2.75) is 6.54 Å². The summed E-state index contributed by atoms with van der Waals surface area (Å²) in [4.78, 5) is 2.01. The molecule has 96 valence electrons. The lowest BCUT2D eigenvalue weighted by Crippen LogP contribution is -2.11. The second-order valence-electron chi connectivity index (χ2n) is 4.34. The molecule has 1 heterocycles. The number of hydrogen-bond acceptors (Lipinski definition) is 5. The molecule has 0 bridgehead atoms. The van der Waals surface area contributed by atoms with Gasteiger partial charge in [0.25, 0.3) is 0 Å². The van der Waals surface area contributed by atoms with Gasteiger partial charge >= 0.3 is 0 Å². The molecule has 0 fully saturated rings. The number of nitrogens with two attached hydrogens (primary N) is 1. The number of ether oxygens (including phenoxy) is 1. The van der Waals surface area contributed by atoms with Crippen LogP contribution in [0.15, 0.2) is 28.8 Å². The van der Waals surface area contributed by atoms with E-state index in [2.05, 4.69) is 5.16 Å². The summed E-state index contributed by atoms with van der Waals surface area (Å²) in [5.74, 6) is 1.11. The van der Waals surface area contributed by atoms with Crippen LogP contribution in [0.5, 0.6) is 5.75 Å². The van der Waals surface area contributed by atoms with Crippen molar-refractivity contribution in [1.29, 1.82) is 0 Å². The van der Waals surface area contributed by atoms with Gasteiger partial charge in [-0.1, -0.05) is 17.3 Å². The van der Waals surface area contributed by atoms with Crippen LogP contribution in [-0.4, -0.2) is 31.3 Å². The molecule has 0 aliphatic carbocycles. The van der Waals surface area contributed by atoms with Gasteiger partial charge in [0, 0.05) is 6.54 Å². The number of anilines is 1. The molecule has 1 aromatic heterocycles. The average Bonchev–Trinajstić information content (AvgIpc) is 2.70. The number of benzene rings is 1. The Bertz CT molecular complexity index is 535. The third kappa shape index (κ3) is 2.46. The molecule has 5 nitrogen and oxygen atoms in total. The summed E-state index contributed by atoms with van der Waals surface area (Å²) in [7, 11) is 5.58. The molecule has 0 saturated heterocycles. The topological polar surface area (TPSA) is 64.5 Å². The zero-order valence-corrected chi connectivity index (χ0v) is 10.8. The van der Waals surface area contributed by atoms with E-state index in [9.17, 15) is 0 Å². The highest BCUT2D eigenvalue weighted by molar-refractivity contribution is 5.75. The van der Waals surface area contributed by atoms with Gasteiger partial charge in [-0.15, -0.1) is 0 Å². The molecule has 0 radical (unpaired) electrons. The zero-order valence-electron chi connectivity index (χ0n) is 10.8. The molecular formula is C13H17N3O2. The maximum Gasteiger partial charge on any atom is 0.230 e. The standard InChI is InChI=1S/C13H17N3O2/c1-16(2)8-11-12(13(14)18-15-11)9-5-4-6-10(7-9)17-3/h4-7H,8,14H2,1-3H3. The molecular weight excluding hydrogens is 230 g/mol. The van der Waals surface area contributed by atoms with Gasteiger partial charge in [0.05, 0.1) is 12.7 Å². The average molecular weight is 247 g/mol. The molecule has 0 spiro atoms. The van der Waals surface area contributed by atoms with E-state index in [0.29, 0.717) is 12.4 Å². The normalized spacial score (nSPS) is 10.9. The minimum absolute atomic E-state index is 0.333. The van der Waals surface area contributed by atoms with Crippen molar-refractivity contribution in [2.24, 2.45) is 0 Å². The first-order valence-corrected chi connectivity index (χ1v) is 5.65. The van der Waals surface area contributed by atoms with Crippen LogP contribution in [-0.2, 0) is 6.54 Å². The van der Waals surface area contributed by atoms with E-state index in [1.165, 1.54) is 0 Å². The molecule has 2 rings (SSSR count). The van der Waals surface area contributed by atoms with Crippen LogP contribution in [0.2, 0.25) is 0 Å². The number of methoxy groups -OCH3 is 1. The van der Waals surface area contributed by atoms with Crippen LogP contribution in [0, 0.1) is 0 Å². The lowest BCUT2D eigenvalue weighted by Gasteiger charge is -2.09. The molecule has 5 heteroatoms. The van der Waals surface area contributed by atoms with Crippen molar-refractivity contribution in [3.63, 3.8) is 0 Å². The number of rotatable bonds is 4. The quantitative estimate of drug-likeness (QED) is 0.895. The maximum absolute atomic E-state index is 5.85. The fraction of sp³-hybridized carbons (Fsp3) is 0.308. The summed E-state index contributed by atoms with van der Waals surface area (Å²) in [5, 5.41) is 4.01. The van der Waals surface area contributed by atoms with E-state index in [1.807, 2.05) is 43.3 Å². The highest BCUT2D eigenvalue weighted by Gasteiger charge is 2.16. The number of hydrogen-bond donors (Lipinski definition) is 1. The van der Waals surface area contributed by atoms with Gasteiger partial charge < -0.3 is 19.9 Å². The van der Waals surface area contributed by atoms with E-state index in [0.717, 1.165) is 22.6 Å². The Morgan fingerprint density at radius 1 is 1.39 bits per heavy atom. The summed E-state index contributed by atoms with van der Waals surface area (Å²) in [6, 6.07) is 7.69. The van der Waals surface area contributed by atoms with E-state index >= 15 is 0 Å². The summed E-state index contributed by atoms with van der Waals surface area (Å²) in [5.41, 5.74) is 8.46. The van der Waals surface area contributed by atoms with Gasteiger partial charge in [-0.2, -0.15) is 0 Å². The van der Waals surface area contributed by atoms with Gasteiger partial charge in [-0.3, -0.25) is 0 Å². The predicted octanol–water partition coefficient (Wildman–Crippen LogP) is 1.99. The second-order valence-corrected chi connectivity index (χ2v) is 4.34. The second kappa shape index (κ2) is 5.10. The van der Waals surface area contributed by atoms with Gasteiger partial charge in [0.15, 0.2) is 0 Å². The maximum atomic E-state index is 5.85. The summed E-state index contributed by atoms with van der Waals surface area (Å²) >= 11 is 0. The van der Waals surface area contributed by atoms with Crippen molar-refractivity contribution < 1.29 is 9.26 Å². The van der Waals surface area contributed by atoms with Crippen molar-refractivity contribution in [2.75, 3.05) is 26.9 Å². The van der Waals surface area contributed by atoms with Gasteiger partial charge in [-0.05, 0) is 31.8 Å².